The second-order valence-electron chi connectivity index (χ2n) is 4.26. The number of nitrogens with two attached hydrogens (primary N) is 1. The van der Waals surface area contributed by atoms with Gasteiger partial charge < -0.3 is 15.8 Å². The Balaban J connectivity index is 2.86. The molecule has 5 nitrogen and oxygen atoms in total. The second-order valence-corrected chi connectivity index (χ2v) is 4.26. The quantitative estimate of drug-likeness (QED) is 0.777. The monoisotopic (exact) mass is 237 g/mol. The molecule has 0 saturated heterocycles. The predicted octanol–water partition coefficient (Wildman–Crippen LogP) is 1.58. The maximum Gasteiger partial charge on any atom is 0.328 e. The lowest BCUT2D eigenvalue weighted by Crippen LogP contribution is -2.35. The van der Waals surface area contributed by atoms with Gasteiger partial charge in [0.15, 0.2) is 0 Å². The second kappa shape index (κ2) is 5.52. The van der Waals surface area contributed by atoms with E-state index in [0.29, 0.717) is 11.5 Å². The van der Waals surface area contributed by atoms with Crippen LogP contribution in [0.3, 0.4) is 0 Å². The number of hydrogen-bond acceptors (Lipinski definition) is 5. The summed E-state index contributed by atoms with van der Waals surface area (Å²) in [5.74, 6) is 0.444. The molecule has 0 amide bonds. The molecule has 0 aliphatic rings. The van der Waals surface area contributed by atoms with Crippen LogP contribution in [0.2, 0.25) is 0 Å². The van der Waals surface area contributed by atoms with E-state index in [2.05, 4.69) is 10.3 Å². The van der Waals surface area contributed by atoms with Crippen LogP contribution in [-0.2, 0) is 9.53 Å². The summed E-state index contributed by atoms with van der Waals surface area (Å²) < 4.78 is 4.75. The van der Waals surface area contributed by atoms with E-state index >= 15 is 0 Å². The van der Waals surface area contributed by atoms with Gasteiger partial charge in [-0.15, -0.1) is 0 Å². The molecule has 3 N–H and O–H groups in total. The molecule has 5 heteroatoms. The number of esters is 1. The molecule has 0 aliphatic carbocycles. The summed E-state index contributed by atoms with van der Waals surface area (Å²) in [7, 11) is 1.38. The smallest absolute Gasteiger partial charge is 0.328 e. The molecular formula is C12H19N3O2. The predicted molar refractivity (Wildman–Crippen MR) is 67.7 cm³/mol. The first-order valence-corrected chi connectivity index (χ1v) is 5.53. The zero-order valence-corrected chi connectivity index (χ0v) is 10.7. The molecule has 0 aromatic carbocycles. The molecule has 1 rings (SSSR count). The Morgan fingerprint density at radius 1 is 1.47 bits per heavy atom. The highest BCUT2D eigenvalue weighted by atomic mass is 16.5. The fourth-order valence-electron chi connectivity index (χ4n) is 1.44. The van der Waals surface area contributed by atoms with Crippen molar-refractivity contribution in [1.29, 1.82) is 0 Å². The van der Waals surface area contributed by atoms with E-state index in [4.69, 9.17) is 10.5 Å². The number of aryl methyl sites for hydroxylation is 1. The zero-order chi connectivity index (χ0) is 13.0. The molecule has 0 radical (unpaired) electrons. The number of anilines is 2. The molecule has 94 valence electrons. The number of nitrogen functional groups attached to an aromatic ring is 1. The van der Waals surface area contributed by atoms with Crippen LogP contribution in [0, 0.1) is 12.8 Å². The number of carbonyl (C=O) groups excluding carboxylic acids is 1. The number of rotatable bonds is 4. The van der Waals surface area contributed by atoms with Gasteiger partial charge in [-0.25, -0.2) is 9.78 Å². The lowest BCUT2D eigenvalue weighted by Gasteiger charge is -2.20. The summed E-state index contributed by atoms with van der Waals surface area (Å²) in [4.78, 5) is 15.8. The topological polar surface area (TPSA) is 77.2 Å². The summed E-state index contributed by atoms with van der Waals surface area (Å²) >= 11 is 0. The van der Waals surface area contributed by atoms with Crippen molar-refractivity contribution >= 4 is 17.5 Å². The minimum absolute atomic E-state index is 0.113. The van der Waals surface area contributed by atoms with Crippen molar-refractivity contribution in [2.75, 3.05) is 18.2 Å². The molecule has 1 heterocycles. The number of pyridine rings is 1. The van der Waals surface area contributed by atoms with Crippen LogP contribution in [0.5, 0.6) is 0 Å². The molecular weight excluding hydrogens is 218 g/mol. The third-order valence-electron chi connectivity index (χ3n) is 2.55. The number of carbonyl (C=O) groups is 1. The Bertz CT molecular complexity index is 405. The molecule has 17 heavy (non-hydrogen) atoms. The minimum Gasteiger partial charge on any atom is -0.467 e. The van der Waals surface area contributed by atoms with Crippen LogP contribution < -0.4 is 11.1 Å². The van der Waals surface area contributed by atoms with Crippen molar-refractivity contribution in [1.82, 2.24) is 4.98 Å². The van der Waals surface area contributed by atoms with Crippen LogP contribution in [0.25, 0.3) is 0 Å². The van der Waals surface area contributed by atoms with Gasteiger partial charge in [0.1, 0.15) is 11.9 Å². The van der Waals surface area contributed by atoms with Gasteiger partial charge in [-0.05, 0) is 25.0 Å². The molecule has 0 bridgehead atoms. The van der Waals surface area contributed by atoms with E-state index in [-0.39, 0.29) is 11.9 Å². The molecule has 1 unspecified atom stereocenters. The molecule has 1 aromatic rings. The van der Waals surface area contributed by atoms with Gasteiger partial charge >= 0.3 is 5.97 Å². The fraction of sp³-hybridized carbons (Fsp3) is 0.500. The molecule has 1 atom stereocenters. The van der Waals surface area contributed by atoms with E-state index < -0.39 is 6.04 Å². The van der Waals surface area contributed by atoms with Crippen molar-refractivity contribution in [3.05, 3.63) is 17.8 Å². The van der Waals surface area contributed by atoms with E-state index in [9.17, 15) is 4.79 Å². The van der Waals surface area contributed by atoms with Gasteiger partial charge in [-0.1, -0.05) is 13.8 Å². The third kappa shape index (κ3) is 3.34. The Labute approximate surface area is 101 Å². The Morgan fingerprint density at radius 2 is 2.12 bits per heavy atom. The first-order chi connectivity index (χ1) is 7.95. The van der Waals surface area contributed by atoms with Gasteiger partial charge in [-0.3, -0.25) is 0 Å². The van der Waals surface area contributed by atoms with Gasteiger partial charge in [-0.2, -0.15) is 0 Å². The minimum atomic E-state index is -0.407. The van der Waals surface area contributed by atoms with Crippen molar-refractivity contribution in [3.63, 3.8) is 0 Å². The molecule has 0 aliphatic heterocycles. The summed E-state index contributed by atoms with van der Waals surface area (Å²) in [6, 6.07) is 3.11. The zero-order valence-electron chi connectivity index (χ0n) is 10.7. The maximum atomic E-state index is 11.6. The van der Waals surface area contributed by atoms with Crippen LogP contribution in [0.4, 0.5) is 11.5 Å². The number of ether oxygens (including phenoxy) is 1. The van der Waals surface area contributed by atoms with Gasteiger partial charge in [0.25, 0.3) is 0 Å². The maximum absolute atomic E-state index is 11.6. The standard InChI is InChI=1S/C12H19N3O2/c1-7(2)11(12(16)17-4)15-10-6-5-9(13)8(3)14-10/h5-7,11H,13H2,1-4H3,(H,14,15). The lowest BCUT2D eigenvalue weighted by molar-refractivity contribution is -0.142. The largest absolute Gasteiger partial charge is 0.467 e. The SMILES string of the molecule is COC(=O)C(Nc1ccc(N)c(C)n1)C(C)C. The Morgan fingerprint density at radius 3 is 2.59 bits per heavy atom. The highest BCUT2D eigenvalue weighted by Crippen LogP contribution is 2.15. The van der Waals surface area contributed by atoms with Crippen molar-refractivity contribution < 1.29 is 9.53 Å². The normalized spacial score (nSPS) is 12.3. The van der Waals surface area contributed by atoms with Gasteiger partial charge in [0, 0.05) is 0 Å². The van der Waals surface area contributed by atoms with E-state index in [1.165, 1.54) is 7.11 Å². The van der Waals surface area contributed by atoms with Crippen molar-refractivity contribution in [3.8, 4) is 0 Å². The number of aromatic nitrogens is 1. The Kier molecular flexibility index (Phi) is 4.31. The first kappa shape index (κ1) is 13.3. The summed E-state index contributed by atoms with van der Waals surface area (Å²) in [6.45, 7) is 5.71. The fourth-order valence-corrected chi connectivity index (χ4v) is 1.44. The van der Waals surface area contributed by atoms with Crippen molar-refractivity contribution in [2.24, 2.45) is 5.92 Å². The molecule has 0 spiro atoms. The van der Waals surface area contributed by atoms with Crippen molar-refractivity contribution in [2.45, 2.75) is 26.8 Å². The van der Waals surface area contributed by atoms with E-state index in [1.807, 2.05) is 20.8 Å². The number of hydrogen-bond donors (Lipinski definition) is 2. The average molecular weight is 237 g/mol. The number of methoxy groups -OCH3 is 1. The molecule has 0 saturated carbocycles. The van der Waals surface area contributed by atoms with Crippen LogP contribution in [0.1, 0.15) is 19.5 Å². The summed E-state index contributed by atoms with van der Waals surface area (Å²) in [6.07, 6.45) is 0. The van der Waals surface area contributed by atoms with E-state index in [0.717, 1.165) is 5.69 Å². The number of nitrogens with one attached hydrogen (secondary N) is 1. The third-order valence-corrected chi connectivity index (χ3v) is 2.55. The number of nitrogens with zero attached hydrogens (tertiary/aromatic N) is 1. The Hall–Kier alpha value is -1.78. The van der Waals surface area contributed by atoms with Crippen LogP contribution >= 0.6 is 0 Å². The highest BCUT2D eigenvalue weighted by molar-refractivity contribution is 5.79. The lowest BCUT2D eigenvalue weighted by atomic mass is 10.0. The van der Waals surface area contributed by atoms with Gasteiger partial charge in [0.2, 0.25) is 0 Å². The van der Waals surface area contributed by atoms with Gasteiger partial charge in [0.05, 0.1) is 18.5 Å². The molecule has 0 fully saturated rings. The summed E-state index contributed by atoms with van der Waals surface area (Å²) in [5.41, 5.74) is 7.06. The highest BCUT2D eigenvalue weighted by Gasteiger charge is 2.23. The summed E-state index contributed by atoms with van der Waals surface area (Å²) in [5, 5.41) is 3.06. The van der Waals surface area contributed by atoms with Crippen LogP contribution in [0.15, 0.2) is 12.1 Å². The first-order valence-electron chi connectivity index (χ1n) is 5.53. The van der Waals surface area contributed by atoms with E-state index in [1.54, 1.807) is 12.1 Å². The average Bonchev–Trinajstić information content (AvgIpc) is 2.29. The van der Waals surface area contributed by atoms with Crippen LogP contribution in [-0.4, -0.2) is 24.1 Å². The molecule has 1 aromatic heterocycles.